The third-order valence-electron chi connectivity index (χ3n) is 2.68. The van der Waals surface area contributed by atoms with Crippen LogP contribution in [0.3, 0.4) is 0 Å². The quantitative estimate of drug-likeness (QED) is 0.689. The summed E-state index contributed by atoms with van der Waals surface area (Å²) in [5, 5.41) is 11.3. The van der Waals surface area contributed by atoms with Crippen LogP contribution in [0.4, 0.5) is 5.69 Å². The van der Waals surface area contributed by atoms with Crippen molar-refractivity contribution in [2.75, 3.05) is 12.3 Å². The Labute approximate surface area is 106 Å². The molecule has 5 heteroatoms. The molecule has 0 spiro atoms. The number of carboxylic acids is 1. The molecule has 0 aliphatic heterocycles. The van der Waals surface area contributed by atoms with Crippen LogP contribution < -0.4 is 11.1 Å². The summed E-state index contributed by atoms with van der Waals surface area (Å²) < 4.78 is 0. The number of carbonyl (C=O) groups is 2. The lowest BCUT2D eigenvalue weighted by atomic mass is 10.1. The van der Waals surface area contributed by atoms with E-state index in [1.807, 2.05) is 6.92 Å². The van der Waals surface area contributed by atoms with Gasteiger partial charge in [-0.2, -0.15) is 0 Å². The molecular formula is C13H18N2O3. The second-order valence-corrected chi connectivity index (χ2v) is 4.48. The maximum absolute atomic E-state index is 11.8. The van der Waals surface area contributed by atoms with Gasteiger partial charge < -0.3 is 16.2 Å². The molecule has 0 fully saturated rings. The van der Waals surface area contributed by atoms with Crippen molar-refractivity contribution < 1.29 is 14.7 Å². The molecule has 0 radical (unpaired) electrons. The van der Waals surface area contributed by atoms with Gasteiger partial charge in [0.2, 0.25) is 0 Å². The molecule has 1 aromatic rings. The zero-order chi connectivity index (χ0) is 13.7. The fourth-order valence-corrected chi connectivity index (χ4v) is 1.52. The predicted octanol–water partition coefficient (Wildman–Crippen LogP) is 1.42. The minimum Gasteiger partial charge on any atom is -0.481 e. The molecule has 0 saturated heterocycles. The summed E-state index contributed by atoms with van der Waals surface area (Å²) in [6.45, 7) is 3.97. The van der Waals surface area contributed by atoms with Crippen molar-refractivity contribution in [3.63, 3.8) is 0 Å². The molecule has 0 bridgehead atoms. The van der Waals surface area contributed by atoms with E-state index in [1.54, 1.807) is 25.1 Å². The monoisotopic (exact) mass is 250 g/mol. The highest BCUT2D eigenvalue weighted by molar-refractivity contribution is 5.95. The molecule has 0 saturated carbocycles. The van der Waals surface area contributed by atoms with Crippen LogP contribution in [0.5, 0.6) is 0 Å². The highest BCUT2D eigenvalue weighted by Crippen LogP contribution is 2.12. The summed E-state index contributed by atoms with van der Waals surface area (Å²) in [5.41, 5.74) is 7.70. The van der Waals surface area contributed by atoms with Crippen molar-refractivity contribution in [1.29, 1.82) is 0 Å². The molecule has 5 nitrogen and oxygen atoms in total. The number of nitrogens with two attached hydrogens (primary N) is 1. The van der Waals surface area contributed by atoms with E-state index in [-0.39, 0.29) is 18.2 Å². The maximum Gasteiger partial charge on any atom is 0.303 e. The minimum atomic E-state index is -0.865. The first-order valence-electron chi connectivity index (χ1n) is 5.76. The lowest BCUT2D eigenvalue weighted by Gasteiger charge is -2.11. The highest BCUT2D eigenvalue weighted by Gasteiger charge is 2.11. The molecule has 18 heavy (non-hydrogen) atoms. The summed E-state index contributed by atoms with van der Waals surface area (Å²) >= 11 is 0. The Morgan fingerprint density at radius 3 is 2.67 bits per heavy atom. The Morgan fingerprint density at radius 1 is 1.44 bits per heavy atom. The number of benzene rings is 1. The van der Waals surface area contributed by atoms with Gasteiger partial charge in [0.25, 0.3) is 5.91 Å². The van der Waals surface area contributed by atoms with E-state index < -0.39 is 5.97 Å². The molecule has 1 atom stereocenters. The first-order valence-corrected chi connectivity index (χ1v) is 5.76. The molecule has 0 heterocycles. The Kier molecular flexibility index (Phi) is 4.71. The van der Waals surface area contributed by atoms with Gasteiger partial charge >= 0.3 is 5.97 Å². The molecule has 98 valence electrons. The Bertz CT molecular complexity index is 458. The van der Waals surface area contributed by atoms with Crippen LogP contribution in [0.15, 0.2) is 18.2 Å². The van der Waals surface area contributed by atoms with Gasteiger partial charge in [0.05, 0.1) is 0 Å². The van der Waals surface area contributed by atoms with Crippen LogP contribution in [-0.2, 0) is 4.79 Å². The number of rotatable bonds is 5. The summed E-state index contributed by atoms with van der Waals surface area (Å²) in [5.74, 6) is -1.20. The van der Waals surface area contributed by atoms with Crippen molar-refractivity contribution >= 4 is 17.6 Å². The van der Waals surface area contributed by atoms with E-state index in [1.165, 1.54) is 0 Å². The van der Waals surface area contributed by atoms with E-state index in [4.69, 9.17) is 10.8 Å². The first kappa shape index (κ1) is 14.0. The number of amides is 1. The fourth-order valence-electron chi connectivity index (χ4n) is 1.52. The summed E-state index contributed by atoms with van der Waals surface area (Å²) in [4.78, 5) is 22.3. The van der Waals surface area contributed by atoms with E-state index >= 15 is 0 Å². The summed E-state index contributed by atoms with van der Waals surface area (Å²) in [7, 11) is 0. The highest BCUT2D eigenvalue weighted by atomic mass is 16.4. The van der Waals surface area contributed by atoms with Gasteiger partial charge in [0.15, 0.2) is 0 Å². The van der Waals surface area contributed by atoms with Gasteiger partial charge in [-0.25, -0.2) is 0 Å². The second kappa shape index (κ2) is 6.05. The molecule has 1 aromatic carbocycles. The summed E-state index contributed by atoms with van der Waals surface area (Å²) in [6, 6.07) is 5.10. The Morgan fingerprint density at radius 2 is 2.11 bits per heavy atom. The lowest BCUT2D eigenvalue weighted by Crippen LogP contribution is -2.29. The predicted molar refractivity (Wildman–Crippen MR) is 69.3 cm³/mol. The molecule has 0 aliphatic carbocycles. The summed E-state index contributed by atoms with van der Waals surface area (Å²) in [6.07, 6.45) is 0.0380. The van der Waals surface area contributed by atoms with Crippen molar-refractivity contribution in [2.45, 2.75) is 20.3 Å². The SMILES string of the molecule is Cc1ccc(C(=O)NCC(C)CC(=O)O)cc1N. The zero-order valence-corrected chi connectivity index (χ0v) is 10.6. The third kappa shape index (κ3) is 4.08. The number of carbonyl (C=O) groups excluding carboxylic acids is 1. The molecule has 4 N–H and O–H groups in total. The number of aryl methyl sites for hydroxylation is 1. The van der Waals surface area contributed by atoms with E-state index in [9.17, 15) is 9.59 Å². The minimum absolute atomic E-state index is 0.0380. The molecule has 1 unspecified atom stereocenters. The Hall–Kier alpha value is -2.04. The van der Waals surface area contributed by atoms with Crippen LogP contribution in [0.25, 0.3) is 0 Å². The van der Waals surface area contributed by atoms with Crippen LogP contribution in [0.1, 0.15) is 29.3 Å². The van der Waals surface area contributed by atoms with Crippen LogP contribution in [0.2, 0.25) is 0 Å². The largest absolute Gasteiger partial charge is 0.481 e. The van der Waals surface area contributed by atoms with Crippen LogP contribution >= 0.6 is 0 Å². The van der Waals surface area contributed by atoms with E-state index in [2.05, 4.69) is 5.32 Å². The van der Waals surface area contributed by atoms with Gasteiger partial charge in [-0.05, 0) is 30.5 Å². The average molecular weight is 250 g/mol. The van der Waals surface area contributed by atoms with Gasteiger partial charge in [0, 0.05) is 24.2 Å². The number of anilines is 1. The fraction of sp³-hybridized carbons (Fsp3) is 0.385. The van der Waals surface area contributed by atoms with Crippen LogP contribution in [0, 0.1) is 12.8 Å². The number of aliphatic carboxylic acids is 1. The zero-order valence-electron chi connectivity index (χ0n) is 10.6. The maximum atomic E-state index is 11.8. The normalized spacial score (nSPS) is 11.9. The number of carboxylic acid groups (broad SMARTS) is 1. The second-order valence-electron chi connectivity index (χ2n) is 4.48. The van der Waals surface area contributed by atoms with Gasteiger partial charge in [0.1, 0.15) is 0 Å². The van der Waals surface area contributed by atoms with Crippen molar-refractivity contribution in [2.24, 2.45) is 5.92 Å². The van der Waals surface area contributed by atoms with Crippen molar-refractivity contribution in [3.8, 4) is 0 Å². The first-order chi connectivity index (χ1) is 8.40. The van der Waals surface area contributed by atoms with Gasteiger partial charge in [-0.1, -0.05) is 13.0 Å². The Balaban J connectivity index is 2.55. The number of hydrogen-bond donors (Lipinski definition) is 3. The average Bonchev–Trinajstić information content (AvgIpc) is 2.28. The number of nitrogens with one attached hydrogen (secondary N) is 1. The number of hydrogen-bond acceptors (Lipinski definition) is 3. The standard InChI is InChI=1S/C13H18N2O3/c1-8(5-12(16)17)7-15-13(18)10-4-3-9(2)11(14)6-10/h3-4,6,8H,5,7,14H2,1-2H3,(H,15,18)(H,16,17). The van der Waals surface area contributed by atoms with E-state index in [0.717, 1.165) is 5.56 Å². The molecule has 0 aromatic heterocycles. The molecule has 1 amide bonds. The smallest absolute Gasteiger partial charge is 0.303 e. The topological polar surface area (TPSA) is 92.4 Å². The van der Waals surface area contributed by atoms with E-state index in [0.29, 0.717) is 17.8 Å². The molecule has 1 rings (SSSR count). The van der Waals surface area contributed by atoms with Gasteiger partial charge in [-0.15, -0.1) is 0 Å². The van der Waals surface area contributed by atoms with Crippen molar-refractivity contribution in [3.05, 3.63) is 29.3 Å². The third-order valence-corrected chi connectivity index (χ3v) is 2.68. The van der Waals surface area contributed by atoms with Gasteiger partial charge in [-0.3, -0.25) is 9.59 Å². The van der Waals surface area contributed by atoms with Crippen molar-refractivity contribution in [1.82, 2.24) is 5.32 Å². The lowest BCUT2D eigenvalue weighted by molar-refractivity contribution is -0.137. The number of nitrogen functional groups attached to an aromatic ring is 1. The molecule has 0 aliphatic rings. The molecular weight excluding hydrogens is 232 g/mol. The van der Waals surface area contributed by atoms with Crippen LogP contribution in [-0.4, -0.2) is 23.5 Å².